The molecule has 1 atom stereocenters. The highest BCUT2D eigenvalue weighted by Crippen LogP contribution is 2.37. The molecule has 1 aromatic carbocycles. The lowest BCUT2D eigenvalue weighted by atomic mass is 9.85. The summed E-state index contributed by atoms with van der Waals surface area (Å²) in [5.74, 6) is 0. The molecular weight excluding hydrogens is 366 g/mol. The van der Waals surface area contributed by atoms with Crippen molar-refractivity contribution in [2.75, 3.05) is 5.32 Å². The topological polar surface area (TPSA) is 12.0 Å². The molecule has 1 nitrogen and oxygen atoms in total. The minimum Gasteiger partial charge on any atom is -0.380 e. The fraction of sp³-hybridized carbons (Fsp3) is 0.625. The largest absolute Gasteiger partial charge is 0.380 e. The highest BCUT2D eigenvalue weighted by Gasteiger charge is 2.24. The van der Waals surface area contributed by atoms with E-state index >= 15 is 0 Å². The van der Waals surface area contributed by atoms with E-state index in [2.05, 4.69) is 70.1 Å². The molecule has 1 aromatic rings. The third-order valence-electron chi connectivity index (χ3n) is 4.11. The van der Waals surface area contributed by atoms with Gasteiger partial charge in [0, 0.05) is 15.0 Å². The van der Waals surface area contributed by atoms with Crippen molar-refractivity contribution in [1.29, 1.82) is 0 Å². The first-order valence-corrected chi connectivity index (χ1v) is 8.68. The first-order chi connectivity index (χ1) is 8.87. The Hall–Kier alpha value is -0.0200. The van der Waals surface area contributed by atoms with Gasteiger partial charge in [0.25, 0.3) is 0 Å². The quantitative estimate of drug-likeness (QED) is 0.586. The van der Waals surface area contributed by atoms with Crippen LogP contribution in [0.3, 0.4) is 0 Å². The number of benzene rings is 1. The summed E-state index contributed by atoms with van der Waals surface area (Å²) >= 11 is 7.35. The van der Waals surface area contributed by atoms with E-state index in [0.29, 0.717) is 11.5 Å². The zero-order chi connectivity index (χ0) is 14.0. The van der Waals surface area contributed by atoms with Gasteiger partial charge in [-0.2, -0.15) is 0 Å². The molecule has 1 aliphatic carbocycles. The van der Waals surface area contributed by atoms with E-state index < -0.39 is 0 Å². The van der Waals surface area contributed by atoms with Crippen LogP contribution in [-0.2, 0) is 0 Å². The number of hydrogen-bond acceptors (Lipinski definition) is 1. The first-order valence-electron chi connectivity index (χ1n) is 7.09. The minimum atomic E-state index is 0.512. The molecule has 0 heterocycles. The van der Waals surface area contributed by atoms with Gasteiger partial charge in [-0.1, -0.05) is 20.3 Å². The van der Waals surface area contributed by atoms with Crippen LogP contribution in [0.25, 0.3) is 0 Å². The fourth-order valence-electron chi connectivity index (χ4n) is 2.85. The molecule has 19 heavy (non-hydrogen) atoms. The lowest BCUT2D eigenvalue weighted by Crippen LogP contribution is -2.19. The van der Waals surface area contributed by atoms with Crippen LogP contribution in [0.15, 0.2) is 21.1 Å². The van der Waals surface area contributed by atoms with Gasteiger partial charge in [-0.05, 0) is 87.6 Å². The maximum Gasteiger partial charge on any atom is 0.0631 e. The normalized spacial score (nSPS) is 22.9. The Morgan fingerprint density at radius 1 is 1.11 bits per heavy atom. The summed E-state index contributed by atoms with van der Waals surface area (Å²) in [4.78, 5) is 0. The van der Waals surface area contributed by atoms with E-state index in [0.717, 1.165) is 8.95 Å². The van der Waals surface area contributed by atoms with Crippen molar-refractivity contribution in [3.05, 3.63) is 26.6 Å². The van der Waals surface area contributed by atoms with Gasteiger partial charge in [-0.3, -0.25) is 0 Å². The summed E-state index contributed by atoms with van der Waals surface area (Å²) in [6.45, 7) is 6.91. The van der Waals surface area contributed by atoms with Gasteiger partial charge < -0.3 is 5.32 Å². The van der Waals surface area contributed by atoms with Gasteiger partial charge in [-0.15, -0.1) is 0 Å². The summed E-state index contributed by atoms with van der Waals surface area (Å²) in [6, 6.07) is 4.94. The minimum absolute atomic E-state index is 0.512. The van der Waals surface area contributed by atoms with Crippen molar-refractivity contribution in [2.24, 2.45) is 5.41 Å². The molecule has 0 saturated heterocycles. The average molecular weight is 389 g/mol. The molecule has 0 aliphatic heterocycles. The van der Waals surface area contributed by atoms with Crippen LogP contribution >= 0.6 is 31.9 Å². The van der Waals surface area contributed by atoms with Crippen LogP contribution in [0.5, 0.6) is 0 Å². The molecule has 1 aliphatic rings. The van der Waals surface area contributed by atoms with Crippen molar-refractivity contribution in [2.45, 2.75) is 58.9 Å². The predicted octanol–water partition coefficient (Wildman–Crippen LogP) is 6.29. The van der Waals surface area contributed by atoms with Gasteiger partial charge in [0.2, 0.25) is 0 Å². The van der Waals surface area contributed by atoms with Gasteiger partial charge in [0.05, 0.1) is 5.69 Å². The maximum atomic E-state index is 3.73. The van der Waals surface area contributed by atoms with Crippen LogP contribution in [0, 0.1) is 12.3 Å². The standard InChI is InChI=1S/C16H23Br2N/c1-11-9-13(17)15(14(18)10-11)19-12-5-4-7-16(2,3)8-6-12/h9-10,12,19H,4-8H2,1-3H3. The molecule has 1 unspecified atom stereocenters. The van der Waals surface area contributed by atoms with E-state index in [1.165, 1.54) is 43.4 Å². The third-order valence-corrected chi connectivity index (χ3v) is 5.36. The number of anilines is 1. The summed E-state index contributed by atoms with van der Waals surface area (Å²) in [5, 5.41) is 3.73. The third kappa shape index (κ3) is 4.22. The number of nitrogens with one attached hydrogen (secondary N) is 1. The second-order valence-electron chi connectivity index (χ2n) is 6.54. The molecule has 2 rings (SSSR count). The van der Waals surface area contributed by atoms with Crippen molar-refractivity contribution in [3.63, 3.8) is 0 Å². The van der Waals surface area contributed by atoms with Crippen LogP contribution in [-0.4, -0.2) is 6.04 Å². The molecule has 3 heteroatoms. The Bertz CT molecular complexity index is 431. The summed E-state index contributed by atoms with van der Waals surface area (Å²) < 4.78 is 2.31. The Morgan fingerprint density at radius 3 is 2.37 bits per heavy atom. The van der Waals surface area contributed by atoms with Crippen LogP contribution in [0.4, 0.5) is 5.69 Å². The Morgan fingerprint density at radius 2 is 1.74 bits per heavy atom. The summed E-state index contributed by atoms with van der Waals surface area (Å²) in [5.41, 5.74) is 2.99. The van der Waals surface area contributed by atoms with E-state index in [9.17, 15) is 0 Å². The molecule has 1 fully saturated rings. The van der Waals surface area contributed by atoms with Crippen molar-refractivity contribution in [3.8, 4) is 0 Å². The smallest absolute Gasteiger partial charge is 0.0631 e. The van der Waals surface area contributed by atoms with Crippen LogP contribution in [0.1, 0.15) is 51.5 Å². The van der Waals surface area contributed by atoms with Gasteiger partial charge >= 0.3 is 0 Å². The highest BCUT2D eigenvalue weighted by atomic mass is 79.9. The number of aryl methyl sites for hydroxylation is 1. The average Bonchev–Trinajstić information content (AvgIpc) is 2.45. The zero-order valence-electron chi connectivity index (χ0n) is 12.0. The first kappa shape index (κ1) is 15.4. The lowest BCUT2D eigenvalue weighted by molar-refractivity contribution is 0.313. The Balaban J connectivity index is 2.09. The molecule has 0 aromatic heterocycles. The number of hydrogen-bond donors (Lipinski definition) is 1. The van der Waals surface area contributed by atoms with Crippen LogP contribution in [0.2, 0.25) is 0 Å². The Kier molecular flexibility index (Phi) is 4.99. The molecular formula is C16H23Br2N. The number of halogens is 2. The van der Waals surface area contributed by atoms with E-state index in [-0.39, 0.29) is 0 Å². The summed E-state index contributed by atoms with van der Waals surface area (Å²) in [7, 11) is 0. The molecule has 1 saturated carbocycles. The van der Waals surface area contributed by atoms with Crippen LogP contribution < -0.4 is 5.32 Å². The second kappa shape index (κ2) is 6.17. The Labute approximate surface area is 133 Å². The molecule has 0 bridgehead atoms. The van der Waals surface area contributed by atoms with E-state index in [1.807, 2.05) is 0 Å². The molecule has 0 spiro atoms. The van der Waals surface area contributed by atoms with Gasteiger partial charge in [-0.25, -0.2) is 0 Å². The highest BCUT2D eigenvalue weighted by molar-refractivity contribution is 9.11. The lowest BCUT2D eigenvalue weighted by Gasteiger charge is -2.23. The molecule has 0 radical (unpaired) electrons. The molecule has 0 amide bonds. The monoisotopic (exact) mass is 387 g/mol. The van der Waals surface area contributed by atoms with E-state index in [4.69, 9.17) is 0 Å². The van der Waals surface area contributed by atoms with Gasteiger partial charge in [0.15, 0.2) is 0 Å². The van der Waals surface area contributed by atoms with Crippen molar-refractivity contribution in [1.82, 2.24) is 0 Å². The zero-order valence-corrected chi connectivity index (χ0v) is 15.2. The van der Waals surface area contributed by atoms with E-state index in [1.54, 1.807) is 0 Å². The predicted molar refractivity (Wildman–Crippen MR) is 90.9 cm³/mol. The molecule has 106 valence electrons. The summed E-state index contributed by atoms with van der Waals surface area (Å²) in [6.07, 6.45) is 6.52. The molecule has 1 N–H and O–H groups in total. The fourth-order valence-corrected chi connectivity index (χ4v) is 4.49. The number of rotatable bonds is 2. The second-order valence-corrected chi connectivity index (χ2v) is 8.25. The van der Waals surface area contributed by atoms with Crippen molar-refractivity contribution < 1.29 is 0 Å². The maximum absolute atomic E-state index is 3.73. The SMILES string of the molecule is Cc1cc(Br)c(NC2CCCC(C)(C)CC2)c(Br)c1. The van der Waals surface area contributed by atoms with Crippen molar-refractivity contribution >= 4 is 37.5 Å². The van der Waals surface area contributed by atoms with Gasteiger partial charge in [0.1, 0.15) is 0 Å².